The zero-order valence-corrected chi connectivity index (χ0v) is 11.4. The Hall–Kier alpha value is -2.54. The number of anilines is 1. The maximum absolute atomic E-state index is 5.40. The van der Waals surface area contributed by atoms with Crippen molar-refractivity contribution in [2.45, 2.75) is 0 Å². The largest absolute Gasteiger partial charge is 0.378 e. The highest BCUT2D eigenvalue weighted by atomic mass is 16.5. The van der Waals surface area contributed by atoms with Gasteiger partial charge in [0.2, 0.25) is 0 Å². The molecule has 1 fully saturated rings. The molecule has 1 saturated heterocycles. The molecule has 0 atom stereocenters. The topological polar surface area (TPSA) is 68.4 Å². The van der Waals surface area contributed by atoms with Gasteiger partial charge in [0.15, 0.2) is 5.65 Å². The molecule has 3 aromatic heterocycles. The first-order valence-electron chi connectivity index (χ1n) is 6.85. The predicted octanol–water partition coefficient (Wildman–Crippen LogP) is 1.02. The number of ether oxygens (including phenoxy) is 1. The summed E-state index contributed by atoms with van der Waals surface area (Å²) in [5.74, 6) is 1.03. The Labute approximate surface area is 121 Å². The molecule has 0 aromatic carbocycles. The van der Waals surface area contributed by atoms with Crippen LogP contribution in [0.15, 0.2) is 37.1 Å². The minimum atomic E-state index is 0.741. The van der Waals surface area contributed by atoms with Gasteiger partial charge >= 0.3 is 0 Å². The highest BCUT2D eigenvalue weighted by Gasteiger charge is 2.16. The average Bonchev–Trinajstić information content (AvgIpc) is 3.00. The van der Waals surface area contributed by atoms with Crippen LogP contribution in [0, 0.1) is 0 Å². The summed E-state index contributed by atoms with van der Waals surface area (Å²) in [6.45, 7) is 3.21. The lowest BCUT2D eigenvalue weighted by atomic mass is 10.2. The molecule has 3 aromatic rings. The molecule has 7 nitrogen and oxygen atoms in total. The second kappa shape index (κ2) is 5.10. The molecule has 106 valence electrons. The Morgan fingerprint density at radius 1 is 1.10 bits per heavy atom. The third-order valence-corrected chi connectivity index (χ3v) is 3.53. The van der Waals surface area contributed by atoms with Gasteiger partial charge in [-0.3, -0.25) is 0 Å². The molecule has 1 aliphatic rings. The molecular weight excluding hydrogens is 268 g/mol. The van der Waals surface area contributed by atoms with Crippen LogP contribution >= 0.6 is 0 Å². The molecule has 0 unspecified atom stereocenters. The van der Waals surface area contributed by atoms with E-state index in [-0.39, 0.29) is 0 Å². The van der Waals surface area contributed by atoms with E-state index >= 15 is 0 Å². The predicted molar refractivity (Wildman–Crippen MR) is 77.0 cm³/mol. The van der Waals surface area contributed by atoms with E-state index in [1.165, 1.54) is 6.33 Å². The first-order chi connectivity index (χ1) is 10.4. The number of rotatable bonds is 2. The van der Waals surface area contributed by atoms with Crippen LogP contribution in [-0.2, 0) is 4.74 Å². The first kappa shape index (κ1) is 12.2. The van der Waals surface area contributed by atoms with Crippen molar-refractivity contribution < 1.29 is 4.74 Å². The first-order valence-corrected chi connectivity index (χ1v) is 6.85. The van der Waals surface area contributed by atoms with Crippen LogP contribution in [0.4, 0.5) is 5.82 Å². The van der Waals surface area contributed by atoms with Crippen LogP contribution in [0.2, 0.25) is 0 Å². The Morgan fingerprint density at radius 3 is 2.71 bits per heavy atom. The van der Waals surface area contributed by atoms with Crippen LogP contribution in [0.5, 0.6) is 0 Å². The monoisotopic (exact) mass is 282 g/mol. The van der Waals surface area contributed by atoms with Gasteiger partial charge in [0.25, 0.3) is 0 Å². The maximum atomic E-state index is 5.40. The summed E-state index contributed by atoms with van der Waals surface area (Å²) in [5, 5.41) is 4.65. The summed E-state index contributed by atoms with van der Waals surface area (Å²) in [6.07, 6.45) is 6.83. The van der Waals surface area contributed by atoms with Gasteiger partial charge in [0.1, 0.15) is 12.1 Å². The number of nitrogens with zero attached hydrogens (tertiary/aromatic N) is 6. The molecule has 0 radical (unpaired) electrons. The highest BCUT2D eigenvalue weighted by molar-refractivity contribution is 5.64. The van der Waals surface area contributed by atoms with Crippen LogP contribution in [0.3, 0.4) is 0 Å². The second-order valence-electron chi connectivity index (χ2n) is 4.83. The van der Waals surface area contributed by atoms with Crippen LogP contribution in [0.1, 0.15) is 0 Å². The van der Waals surface area contributed by atoms with Gasteiger partial charge in [-0.1, -0.05) is 0 Å². The lowest BCUT2D eigenvalue weighted by Crippen LogP contribution is -2.37. The van der Waals surface area contributed by atoms with Gasteiger partial charge in [-0.25, -0.2) is 15.0 Å². The zero-order valence-electron chi connectivity index (χ0n) is 11.4. The normalized spacial score (nSPS) is 15.5. The second-order valence-corrected chi connectivity index (χ2v) is 4.83. The Balaban J connectivity index is 1.80. The van der Waals surface area contributed by atoms with Crippen LogP contribution < -0.4 is 4.90 Å². The minimum Gasteiger partial charge on any atom is -0.378 e. The summed E-state index contributed by atoms with van der Waals surface area (Å²) in [7, 11) is 0. The average molecular weight is 282 g/mol. The summed E-state index contributed by atoms with van der Waals surface area (Å²) in [6, 6.07) is 3.93. The molecule has 4 rings (SSSR count). The van der Waals surface area contributed by atoms with Crippen LogP contribution in [-0.4, -0.2) is 50.9 Å². The minimum absolute atomic E-state index is 0.741. The zero-order chi connectivity index (χ0) is 14.1. The third-order valence-electron chi connectivity index (χ3n) is 3.53. The fourth-order valence-corrected chi connectivity index (χ4v) is 2.49. The van der Waals surface area contributed by atoms with E-state index in [1.54, 1.807) is 12.4 Å². The van der Waals surface area contributed by atoms with Crippen molar-refractivity contribution in [3.63, 3.8) is 0 Å². The van der Waals surface area contributed by atoms with Crippen molar-refractivity contribution in [3.8, 4) is 11.3 Å². The van der Waals surface area contributed by atoms with Gasteiger partial charge in [-0.2, -0.15) is 9.61 Å². The molecule has 0 aliphatic carbocycles. The SMILES string of the molecule is c1ncc(-c2cc3nccc(N4CCOCC4)n3n2)cn1. The highest BCUT2D eigenvalue weighted by Crippen LogP contribution is 2.21. The van der Waals surface area contributed by atoms with Crippen molar-refractivity contribution >= 4 is 11.5 Å². The summed E-state index contributed by atoms with van der Waals surface area (Å²) in [4.78, 5) is 14.7. The quantitative estimate of drug-likeness (QED) is 0.699. The molecular formula is C14H14N6O. The molecule has 0 amide bonds. The fourth-order valence-electron chi connectivity index (χ4n) is 2.49. The number of aromatic nitrogens is 5. The van der Waals surface area contributed by atoms with Crippen molar-refractivity contribution in [1.29, 1.82) is 0 Å². The fraction of sp³-hybridized carbons (Fsp3) is 0.286. The molecule has 4 heterocycles. The number of hydrogen-bond acceptors (Lipinski definition) is 6. The standard InChI is InChI=1S/C14H14N6O/c1-2-17-13-7-12(11-8-15-10-16-9-11)18-20(13)14(1)19-3-5-21-6-4-19/h1-2,7-10H,3-6H2. The van der Waals surface area contributed by atoms with Crippen molar-refractivity contribution in [1.82, 2.24) is 24.6 Å². The van der Waals surface area contributed by atoms with Crippen molar-refractivity contribution in [2.24, 2.45) is 0 Å². The van der Waals surface area contributed by atoms with E-state index in [1.807, 2.05) is 22.8 Å². The molecule has 1 aliphatic heterocycles. The van der Waals surface area contributed by atoms with E-state index in [9.17, 15) is 0 Å². The van der Waals surface area contributed by atoms with E-state index in [2.05, 4.69) is 25.0 Å². The molecule has 0 bridgehead atoms. The molecule has 7 heteroatoms. The van der Waals surface area contributed by atoms with Gasteiger partial charge in [-0.15, -0.1) is 0 Å². The van der Waals surface area contributed by atoms with Gasteiger partial charge in [-0.05, 0) is 6.07 Å². The number of hydrogen-bond donors (Lipinski definition) is 0. The van der Waals surface area contributed by atoms with Crippen LogP contribution in [0.25, 0.3) is 16.9 Å². The number of morpholine rings is 1. The van der Waals surface area contributed by atoms with Crippen molar-refractivity contribution in [2.75, 3.05) is 31.2 Å². The molecule has 0 spiro atoms. The summed E-state index contributed by atoms with van der Waals surface area (Å²) < 4.78 is 7.27. The summed E-state index contributed by atoms with van der Waals surface area (Å²) >= 11 is 0. The van der Waals surface area contributed by atoms with Gasteiger partial charge in [0.05, 0.1) is 18.9 Å². The number of fused-ring (bicyclic) bond motifs is 1. The van der Waals surface area contributed by atoms with Crippen molar-refractivity contribution in [3.05, 3.63) is 37.1 Å². The molecule has 0 N–H and O–H groups in total. The van der Waals surface area contributed by atoms with E-state index in [4.69, 9.17) is 4.74 Å². The maximum Gasteiger partial charge on any atom is 0.157 e. The van der Waals surface area contributed by atoms with E-state index in [0.29, 0.717) is 0 Å². The lowest BCUT2D eigenvalue weighted by molar-refractivity contribution is 0.122. The van der Waals surface area contributed by atoms with Gasteiger partial charge in [0, 0.05) is 43.3 Å². The van der Waals surface area contributed by atoms with E-state index in [0.717, 1.165) is 49.0 Å². The Morgan fingerprint density at radius 2 is 1.90 bits per heavy atom. The molecule has 21 heavy (non-hydrogen) atoms. The lowest BCUT2D eigenvalue weighted by Gasteiger charge is -2.28. The third kappa shape index (κ3) is 2.21. The van der Waals surface area contributed by atoms with E-state index < -0.39 is 0 Å². The van der Waals surface area contributed by atoms with Gasteiger partial charge < -0.3 is 9.64 Å². The molecule has 0 saturated carbocycles. The Bertz CT molecular complexity index is 751. The smallest absolute Gasteiger partial charge is 0.157 e. The Kier molecular flexibility index (Phi) is 2.97. The summed E-state index contributed by atoms with van der Waals surface area (Å²) in [5.41, 5.74) is 2.53.